The minimum Gasteiger partial charge on any atom is -0.384 e. The van der Waals surface area contributed by atoms with E-state index in [-0.39, 0.29) is 0 Å². The van der Waals surface area contributed by atoms with Crippen molar-refractivity contribution in [3.05, 3.63) is 35.9 Å². The lowest BCUT2D eigenvalue weighted by Gasteiger charge is -2.04. The first kappa shape index (κ1) is 8.97. The van der Waals surface area contributed by atoms with Gasteiger partial charge in [-0.15, -0.1) is 0 Å². The number of nitrogens with zero attached hydrogens (tertiary/aromatic N) is 1. The number of nitrogens with two attached hydrogens (primary N) is 1. The molecular formula is C11H12N2O. The second-order valence-electron chi connectivity index (χ2n) is 3.16. The molecule has 2 aromatic rings. The van der Waals surface area contributed by atoms with E-state index in [0.717, 1.165) is 16.5 Å². The van der Waals surface area contributed by atoms with Crippen LogP contribution in [-0.4, -0.2) is 12.1 Å². The molecule has 0 unspecified atom stereocenters. The van der Waals surface area contributed by atoms with Gasteiger partial charge in [0.25, 0.3) is 0 Å². The largest absolute Gasteiger partial charge is 0.384 e. The van der Waals surface area contributed by atoms with Gasteiger partial charge in [0.1, 0.15) is 5.82 Å². The predicted molar refractivity (Wildman–Crippen MR) is 56.9 cm³/mol. The average molecular weight is 188 g/mol. The van der Waals surface area contributed by atoms with Gasteiger partial charge < -0.3 is 10.5 Å². The Balaban J connectivity index is 2.64. The normalized spacial score (nSPS) is 10.6. The van der Waals surface area contributed by atoms with Gasteiger partial charge in [-0.1, -0.05) is 18.2 Å². The maximum Gasteiger partial charge on any atom is 0.124 e. The molecule has 3 heteroatoms. The van der Waals surface area contributed by atoms with Crippen LogP contribution in [0.3, 0.4) is 0 Å². The number of aromatic nitrogens is 1. The lowest BCUT2D eigenvalue weighted by molar-refractivity contribution is 0.186. The second-order valence-corrected chi connectivity index (χ2v) is 3.16. The molecule has 0 radical (unpaired) electrons. The molecule has 1 aromatic heterocycles. The topological polar surface area (TPSA) is 48.1 Å². The van der Waals surface area contributed by atoms with Crippen molar-refractivity contribution in [1.29, 1.82) is 0 Å². The molecule has 2 N–H and O–H groups in total. The van der Waals surface area contributed by atoms with Crippen molar-refractivity contribution in [2.24, 2.45) is 0 Å². The fourth-order valence-corrected chi connectivity index (χ4v) is 1.50. The molecule has 1 heterocycles. The molecule has 3 nitrogen and oxygen atoms in total. The van der Waals surface area contributed by atoms with E-state index in [1.54, 1.807) is 13.2 Å². The zero-order chi connectivity index (χ0) is 9.97. The van der Waals surface area contributed by atoms with Crippen molar-refractivity contribution in [1.82, 2.24) is 4.98 Å². The van der Waals surface area contributed by atoms with Crippen LogP contribution in [0.1, 0.15) is 5.56 Å². The van der Waals surface area contributed by atoms with Gasteiger partial charge in [-0.05, 0) is 12.1 Å². The average Bonchev–Trinajstić information content (AvgIpc) is 2.19. The van der Waals surface area contributed by atoms with Crippen LogP contribution in [0.25, 0.3) is 10.9 Å². The smallest absolute Gasteiger partial charge is 0.124 e. The van der Waals surface area contributed by atoms with Crippen LogP contribution in [0.4, 0.5) is 5.82 Å². The third kappa shape index (κ3) is 1.54. The lowest BCUT2D eigenvalue weighted by atomic mass is 10.1. The van der Waals surface area contributed by atoms with Gasteiger partial charge in [0.15, 0.2) is 0 Å². The van der Waals surface area contributed by atoms with Gasteiger partial charge in [0, 0.05) is 18.1 Å². The Kier molecular flexibility index (Phi) is 2.33. The quantitative estimate of drug-likeness (QED) is 0.783. The summed E-state index contributed by atoms with van der Waals surface area (Å²) in [6.07, 6.45) is 0. The molecule has 0 spiro atoms. The van der Waals surface area contributed by atoms with Gasteiger partial charge in [-0.25, -0.2) is 4.98 Å². The first-order chi connectivity index (χ1) is 6.81. The summed E-state index contributed by atoms with van der Waals surface area (Å²) in [7, 11) is 1.67. The number of nitrogen functional groups attached to an aromatic ring is 1. The van der Waals surface area contributed by atoms with Crippen molar-refractivity contribution < 1.29 is 4.74 Å². The number of pyridine rings is 1. The fourth-order valence-electron chi connectivity index (χ4n) is 1.50. The fraction of sp³-hybridized carbons (Fsp3) is 0.182. The molecule has 0 amide bonds. The number of ether oxygens (including phenoxy) is 1. The lowest BCUT2D eigenvalue weighted by Crippen LogP contribution is -1.94. The number of fused-ring (bicyclic) bond motifs is 1. The highest BCUT2D eigenvalue weighted by Crippen LogP contribution is 2.18. The van der Waals surface area contributed by atoms with Gasteiger partial charge in [-0.3, -0.25) is 0 Å². The summed E-state index contributed by atoms with van der Waals surface area (Å²) in [5, 5.41) is 1.09. The van der Waals surface area contributed by atoms with E-state index in [4.69, 9.17) is 10.5 Å². The third-order valence-corrected chi connectivity index (χ3v) is 2.13. The van der Waals surface area contributed by atoms with Crippen molar-refractivity contribution >= 4 is 16.7 Å². The highest BCUT2D eigenvalue weighted by molar-refractivity contribution is 5.83. The van der Waals surface area contributed by atoms with E-state index in [0.29, 0.717) is 12.4 Å². The zero-order valence-electron chi connectivity index (χ0n) is 8.03. The molecule has 0 saturated carbocycles. The van der Waals surface area contributed by atoms with Gasteiger partial charge in [0.05, 0.1) is 12.1 Å². The van der Waals surface area contributed by atoms with Crippen molar-refractivity contribution in [2.45, 2.75) is 6.61 Å². The number of methoxy groups -OCH3 is 1. The Morgan fingerprint density at radius 3 is 2.93 bits per heavy atom. The summed E-state index contributed by atoms with van der Waals surface area (Å²) in [5.74, 6) is 0.543. The first-order valence-electron chi connectivity index (χ1n) is 4.44. The molecule has 0 atom stereocenters. The molecule has 0 saturated heterocycles. The highest BCUT2D eigenvalue weighted by atomic mass is 16.5. The SMILES string of the molecule is COCc1cccc2ccc(N)nc12. The Morgan fingerprint density at radius 1 is 1.29 bits per heavy atom. The van der Waals surface area contributed by atoms with E-state index in [9.17, 15) is 0 Å². The van der Waals surface area contributed by atoms with E-state index < -0.39 is 0 Å². The molecule has 2 rings (SSSR count). The van der Waals surface area contributed by atoms with Crippen molar-refractivity contribution in [2.75, 3.05) is 12.8 Å². The van der Waals surface area contributed by atoms with E-state index in [1.165, 1.54) is 0 Å². The highest BCUT2D eigenvalue weighted by Gasteiger charge is 2.01. The summed E-state index contributed by atoms with van der Waals surface area (Å²) in [5.41, 5.74) is 7.63. The van der Waals surface area contributed by atoms with Crippen LogP contribution in [-0.2, 0) is 11.3 Å². The van der Waals surface area contributed by atoms with Crippen molar-refractivity contribution in [3.8, 4) is 0 Å². The molecule has 1 aromatic carbocycles. The van der Waals surface area contributed by atoms with Gasteiger partial charge in [-0.2, -0.15) is 0 Å². The van der Waals surface area contributed by atoms with Crippen LogP contribution >= 0.6 is 0 Å². The molecule has 14 heavy (non-hydrogen) atoms. The molecule has 0 aliphatic carbocycles. The van der Waals surface area contributed by atoms with E-state index in [2.05, 4.69) is 4.98 Å². The Morgan fingerprint density at radius 2 is 2.14 bits per heavy atom. The van der Waals surface area contributed by atoms with Crippen LogP contribution in [0.15, 0.2) is 30.3 Å². The predicted octanol–water partition coefficient (Wildman–Crippen LogP) is 1.96. The van der Waals surface area contributed by atoms with E-state index in [1.807, 2.05) is 24.3 Å². The van der Waals surface area contributed by atoms with E-state index >= 15 is 0 Å². The van der Waals surface area contributed by atoms with Gasteiger partial charge >= 0.3 is 0 Å². The van der Waals surface area contributed by atoms with Crippen molar-refractivity contribution in [3.63, 3.8) is 0 Å². The Bertz CT molecular complexity index is 454. The Hall–Kier alpha value is -1.61. The number of para-hydroxylation sites is 1. The summed E-state index contributed by atoms with van der Waals surface area (Å²) >= 11 is 0. The number of anilines is 1. The first-order valence-corrected chi connectivity index (χ1v) is 4.44. The molecule has 0 fully saturated rings. The van der Waals surface area contributed by atoms with Gasteiger partial charge in [0.2, 0.25) is 0 Å². The minimum absolute atomic E-state index is 0.543. The molecule has 72 valence electrons. The molecule has 0 aliphatic heterocycles. The third-order valence-electron chi connectivity index (χ3n) is 2.13. The summed E-state index contributed by atoms with van der Waals surface area (Å²) in [6, 6.07) is 9.78. The second kappa shape index (κ2) is 3.64. The number of hydrogen-bond donors (Lipinski definition) is 1. The maximum absolute atomic E-state index is 5.64. The van der Waals surface area contributed by atoms with Crippen LogP contribution in [0, 0.1) is 0 Å². The van der Waals surface area contributed by atoms with Crippen LogP contribution in [0.2, 0.25) is 0 Å². The maximum atomic E-state index is 5.64. The molecule has 0 bridgehead atoms. The summed E-state index contributed by atoms with van der Waals surface area (Å²) in [6.45, 7) is 0.563. The molecule has 0 aliphatic rings. The van der Waals surface area contributed by atoms with Crippen LogP contribution < -0.4 is 5.73 Å². The van der Waals surface area contributed by atoms with Crippen LogP contribution in [0.5, 0.6) is 0 Å². The monoisotopic (exact) mass is 188 g/mol. The Labute approximate surface area is 82.5 Å². The number of hydrogen-bond acceptors (Lipinski definition) is 3. The number of rotatable bonds is 2. The standard InChI is InChI=1S/C11H12N2O/c1-14-7-9-4-2-3-8-5-6-10(12)13-11(8)9/h2-6H,7H2,1H3,(H2,12,13). The molecular weight excluding hydrogens is 176 g/mol. The summed E-state index contributed by atoms with van der Waals surface area (Å²) < 4.78 is 5.10. The minimum atomic E-state index is 0.543. The number of benzene rings is 1. The summed E-state index contributed by atoms with van der Waals surface area (Å²) in [4.78, 5) is 4.29. The zero-order valence-corrected chi connectivity index (χ0v) is 8.03.